The molecule has 1 aliphatic heterocycles. The highest BCUT2D eigenvalue weighted by atomic mass is 16.2. The molecule has 2 aromatic rings. The zero-order valence-electron chi connectivity index (χ0n) is 20.5. The van der Waals surface area contributed by atoms with Crippen LogP contribution in [0.15, 0.2) is 30.5 Å². The fraction of sp³-hybridized carbons (Fsp3) is 0.560. The Balaban J connectivity index is 1.62. The van der Waals surface area contributed by atoms with E-state index in [9.17, 15) is 4.79 Å². The Bertz CT molecular complexity index is 970. The van der Waals surface area contributed by atoms with Gasteiger partial charge in [0, 0.05) is 48.3 Å². The average molecular weight is 454 g/mol. The number of fused-ring (bicyclic) bond motifs is 1. The highest BCUT2D eigenvalue weighted by Crippen LogP contribution is 2.21. The van der Waals surface area contributed by atoms with E-state index in [-0.39, 0.29) is 17.8 Å². The minimum atomic E-state index is -0.469. The van der Waals surface area contributed by atoms with Gasteiger partial charge < -0.3 is 20.5 Å². The first kappa shape index (κ1) is 24.8. The number of nitrogens with zero attached hydrogens (tertiary/aromatic N) is 2. The molecule has 1 fully saturated rings. The summed E-state index contributed by atoms with van der Waals surface area (Å²) in [7, 11) is 2.09. The second-order valence-electron chi connectivity index (χ2n) is 9.82. The van der Waals surface area contributed by atoms with Crippen molar-refractivity contribution in [2.24, 2.45) is 5.92 Å². The molecule has 33 heavy (non-hydrogen) atoms. The smallest absolute Gasteiger partial charge is 0.286 e. The SMILES string of the molecule is CC(C)CCC(Cc1c[nH]c2ccccc12)NC(=O)C(=N)NC(=N)N1C[C@@H](C)N(C)[C@@H](C)C1. The largest absolute Gasteiger partial charge is 0.361 e. The van der Waals surface area contributed by atoms with Gasteiger partial charge in [-0.15, -0.1) is 0 Å². The van der Waals surface area contributed by atoms with Crippen molar-refractivity contribution in [2.75, 3.05) is 20.1 Å². The van der Waals surface area contributed by atoms with Crippen LogP contribution in [0.5, 0.6) is 0 Å². The van der Waals surface area contributed by atoms with E-state index in [1.165, 1.54) is 0 Å². The molecule has 0 radical (unpaired) electrons. The minimum Gasteiger partial charge on any atom is -0.361 e. The molecule has 1 amide bonds. The van der Waals surface area contributed by atoms with Crippen LogP contribution in [-0.4, -0.2) is 70.7 Å². The third kappa shape index (κ3) is 6.35. The third-order valence-corrected chi connectivity index (χ3v) is 6.72. The van der Waals surface area contributed by atoms with Crippen molar-refractivity contribution in [3.05, 3.63) is 36.0 Å². The van der Waals surface area contributed by atoms with Crippen molar-refractivity contribution in [2.45, 2.75) is 65.1 Å². The molecule has 5 N–H and O–H groups in total. The molecular formula is C25H39N7O. The van der Waals surface area contributed by atoms with Gasteiger partial charge in [0.1, 0.15) is 0 Å². The van der Waals surface area contributed by atoms with Crippen molar-refractivity contribution in [1.82, 2.24) is 25.4 Å². The number of para-hydroxylation sites is 1. The summed E-state index contributed by atoms with van der Waals surface area (Å²) >= 11 is 0. The number of rotatable bonds is 6. The predicted molar refractivity (Wildman–Crippen MR) is 135 cm³/mol. The van der Waals surface area contributed by atoms with E-state index in [2.05, 4.69) is 61.3 Å². The number of nitrogens with one attached hydrogen (secondary N) is 5. The third-order valence-electron chi connectivity index (χ3n) is 6.72. The van der Waals surface area contributed by atoms with Gasteiger partial charge in [0.05, 0.1) is 0 Å². The lowest BCUT2D eigenvalue weighted by atomic mass is 9.97. The number of carbonyl (C=O) groups is 1. The summed E-state index contributed by atoms with van der Waals surface area (Å²) in [5, 5.41) is 23.6. The van der Waals surface area contributed by atoms with Crippen LogP contribution in [0.1, 0.15) is 46.1 Å². The van der Waals surface area contributed by atoms with E-state index in [0.29, 0.717) is 37.5 Å². The maximum atomic E-state index is 12.9. The molecule has 0 aliphatic carbocycles. The fourth-order valence-electron chi connectivity index (χ4n) is 4.42. The summed E-state index contributed by atoms with van der Waals surface area (Å²) in [6.07, 6.45) is 4.52. The number of amides is 1. The summed E-state index contributed by atoms with van der Waals surface area (Å²) in [4.78, 5) is 20.3. The van der Waals surface area contributed by atoms with Gasteiger partial charge in [-0.1, -0.05) is 32.0 Å². The average Bonchev–Trinajstić information content (AvgIpc) is 3.18. The zero-order chi connectivity index (χ0) is 24.1. The lowest BCUT2D eigenvalue weighted by molar-refractivity contribution is -0.115. The van der Waals surface area contributed by atoms with Gasteiger partial charge >= 0.3 is 0 Å². The van der Waals surface area contributed by atoms with Gasteiger partial charge in [-0.05, 0) is 57.7 Å². The first-order valence-corrected chi connectivity index (χ1v) is 11.9. The molecule has 0 saturated carbocycles. The second-order valence-corrected chi connectivity index (χ2v) is 9.82. The van der Waals surface area contributed by atoms with Gasteiger partial charge in [-0.25, -0.2) is 0 Å². The lowest BCUT2D eigenvalue weighted by Gasteiger charge is -2.43. The molecule has 1 unspecified atom stereocenters. The molecule has 0 bridgehead atoms. The van der Waals surface area contributed by atoms with E-state index in [4.69, 9.17) is 10.8 Å². The number of amidine groups is 1. The molecule has 3 rings (SSSR count). The maximum Gasteiger partial charge on any atom is 0.286 e. The standard InChI is InChI=1S/C25H39N7O/c1-16(2)10-11-20(12-19-13-28-22-9-7-6-8-21(19)22)29-24(33)23(26)30-25(27)32-14-17(3)31(5)18(4)15-32/h6-9,13,16-18,20,28H,10-12,14-15H2,1-5H3,(H,29,33)(H3,26,27,30)/t17-,18+,20?. The lowest BCUT2D eigenvalue weighted by Crippen LogP contribution is -2.60. The molecule has 1 aromatic heterocycles. The van der Waals surface area contributed by atoms with Crippen molar-refractivity contribution >= 4 is 28.6 Å². The molecular weight excluding hydrogens is 414 g/mol. The van der Waals surface area contributed by atoms with E-state index < -0.39 is 5.91 Å². The molecule has 2 heterocycles. The van der Waals surface area contributed by atoms with Crippen LogP contribution in [0.25, 0.3) is 10.9 Å². The first-order valence-electron chi connectivity index (χ1n) is 11.9. The topological polar surface area (TPSA) is 111 Å². The number of hydrogen-bond acceptors (Lipinski definition) is 4. The van der Waals surface area contributed by atoms with Crippen LogP contribution in [0.4, 0.5) is 0 Å². The van der Waals surface area contributed by atoms with Crippen LogP contribution in [-0.2, 0) is 11.2 Å². The number of aromatic nitrogens is 1. The van der Waals surface area contributed by atoms with Crippen LogP contribution < -0.4 is 10.6 Å². The molecule has 3 atom stereocenters. The Kier molecular flexibility index (Phi) is 8.13. The number of likely N-dealkylation sites (N-methyl/N-ethyl adjacent to an activating group) is 1. The maximum absolute atomic E-state index is 12.9. The van der Waals surface area contributed by atoms with Crippen molar-refractivity contribution in [3.63, 3.8) is 0 Å². The number of carbonyl (C=O) groups excluding carboxylic acids is 1. The van der Waals surface area contributed by atoms with Crippen LogP contribution >= 0.6 is 0 Å². The molecule has 8 heteroatoms. The van der Waals surface area contributed by atoms with Crippen molar-refractivity contribution in [1.29, 1.82) is 10.8 Å². The Morgan fingerprint density at radius 2 is 1.82 bits per heavy atom. The predicted octanol–water partition coefficient (Wildman–Crippen LogP) is 3.16. The van der Waals surface area contributed by atoms with E-state index in [1.54, 1.807) is 0 Å². The molecule has 0 spiro atoms. The Labute approximate surface area is 197 Å². The quantitative estimate of drug-likeness (QED) is 0.342. The van der Waals surface area contributed by atoms with Gasteiger partial charge in [-0.3, -0.25) is 20.5 Å². The highest BCUT2D eigenvalue weighted by Gasteiger charge is 2.29. The summed E-state index contributed by atoms with van der Waals surface area (Å²) < 4.78 is 0. The number of hydrogen-bond donors (Lipinski definition) is 5. The number of guanidine groups is 1. The summed E-state index contributed by atoms with van der Waals surface area (Å²) in [6.45, 7) is 9.98. The van der Waals surface area contributed by atoms with E-state index in [0.717, 1.165) is 29.3 Å². The normalized spacial score (nSPS) is 20.1. The minimum absolute atomic E-state index is 0.0841. The molecule has 1 aromatic carbocycles. The van der Waals surface area contributed by atoms with Crippen LogP contribution in [0.3, 0.4) is 0 Å². The number of benzene rings is 1. The Hall–Kier alpha value is -2.87. The van der Waals surface area contributed by atoms with Crippen molar-refractivity contribution in [3.8, 4) is 0 Å². The molecule has 180 valence electrons. The monoisotopic (exact) mass is 453 g/mol. The van der Waals surface area contributed by atoms with Crippen LogP contribution in [0.2, 0.25) is 0 Å². The number of piperazine rings is 1. The summed E-state index contributed by atoms with van der Waals surface area (Å²) in [5.41, 5.74) is 2.24. The van der Waals surface area contributed by atoms with Gasteiger partial charge in [0.2, 0.25) is 0 Å². The zero-order valence-corrected chi connectivity index (χ0v) is 20.5. The van der Waals surface area contributed by atoms with Crippen molar-refractivity contribution < 1.29 is 4.79 Å². The second kappa shape index (κ2) is 10.8. The van der Waals surface area contributed by atoms with Gasteiger partial charge in [-0.2, -0.15) is 0 Å². The molecule has 1 saturated heterocycles. The highest BCUT2D eigenvalue weighted by molar-refractivity contribution is 6.39. The van der Waals surface area contributed by atoms with Crippen LogP contribution in [0, 0.1) is 16.7 Å². The van der Waals surface area contributed by atoms with Gasteiger partial charge in [0.25, 0.3) is 5.91 Å². The van der Waals surface area contributed by atoms with E-state index >= 15 is 0 Å². The Morgan fingerprint density at radius 3 is 2.48 bits per heavy atom. The molecule has 8 nitrogen and oxygen atoms in total. The van der Waals surface area contributed by atoms with E-state index in [1.807, 2.05) is 29.3 Å². The Morgan fingerprint density at radius 1 is 1.15 bits per heavy atom. The summed E-state index contributed by atoms with van der Waals surface area (Å²) in [5.74, 6) is -0.118. The summed E-state index contributed by atoms with van der Waals surface area (Å²) in [6, 6.07) is 8.68. The van der Waals surface area contributed by atoms with Gasteiger partial charge in [0.15, 0.2) is 11.8 Å². The number of H-pyrrole nitrogens is 1. The molecule has 1 aliphatic rings. The first-order chi connectivity index (χ1) is 15.7. The number of aromatic amines is 1. The fourth-order valence-corrected chi connectivity index (χ4v) is 4.42.